The van der Waals surface area contributed by atoms with Crippen molar-refractivity contribution < 1.29 is 0 Å². The summed E-state index contributed by atoms with van der Waals surface area (Å²) in [5, 5.41) is 9.93. The van der Waals surface area contributed by atoms with Gasteiger partial charge < -0.3 is 0 Å². The van der Waals surface area contributed by atoms with E-state index in [1.807, 2.05) is 6.07 Å². The van der Waals surface area contributed by atoms with Crippen molar-refractivity contribution in [2.24, 2.45) is 0 Å². The molecule has 4 heteroatoms. The third kappa shape index (κ3) is 2.50. The van der Waals surface area contributed by atoms with Crippen LogP contribution in [-0.4, -0.2) is 16.6 Å². The predicted octanol–water partition coefficient (Wildman–Crippen LogP) is 3.16. The first-order chi connectivity index (χ1) is 7.85. The Balaban J connectivity index is 2.32. The molecule has 1 aromatic rings. The number of hydrogen-bond acceptors (Lipinski definition) is 3. The average Bonchev–Trinajstić information content (AvgIpc) is 2.35. The van der Waals surface area contributed by atoms with Gasteiger partial charge in [0.05, 0.1) is 5.56 Å². The van der Waals surface area contributed by atoms with E-state index < -0.39 is 0 Å². The van der Waals surface area contributed by atoms with Gasteiger partial charge in [0.1, 0.15) is 11.1 Å². The van der Waals surface area contributed by atoms with Gasteiger partial charge in [-0.15, -0.1) is 23.4 Å². The van der Waals surface area contributed by atoms with Gasteiger partial charge in [-0.2, -0.15) is 5.26 Å². The number of halogens is 1. The Morgan fingerprint density at radius 3 is 3.00 bits per heavy atom. The largest absolute Gasteiger partial charge is 0.245 e. The van der Waals surface area contributed by atoms with Gasteiger partial charge in [-0.25, -0.2) is 4.98 Å². The summed E-state index contributed by atoms with van der Waals surface area (Å²) < 4.78 is 0. The topological polar surface area (TPSA) is 36.7 Å². The molecule has 0 saturated carbocycles. The molecule has 1 aliphatic rings. The van der Waals surface area contributed by atoms with Crippen molar-refractivity contribution in [1.29, 1.82) is 5.26 Å². The molecule has 0 atom stereocenters. The lowest BCUT2D eigenvalue weighted by molar-refractivity contribution is 0.660. The molecule has 0 aliphatic heterocycles. The Labute approximate surface area is 105 Å². The molecule has 84 valence electrons. The number of alkyl halides is 1. The van der Waals surface area contributed by atoms with E-state index in [1.165, 1.54) is 24.1 Å². The van der Waals surface area contributed by atoms with Gasteiger partial charge in [0.2, 0.25) is 0 Å². The first-order valence-corrected chi connectivity index (χ1v) is 6.99. The zero-order valence-electron chi connectivity index (χ0n) is 9.00. The molecule has 0 fully saturated rings. The van der Waals surface area contributed by atoms with Crippen LogP contribution in [0.2, 0.25) is 0 Å². The Kier molecular flexibility index (Phi) is 4.09. The Morgan fingerprint density at radius 2 is 2.25 bits per heavy atom. The van der Waals surface area contributed by atoms with E-state index >= 15 is 0 Å². The number of pyridine rings is 1. The molecule has 1 aromatic heterocycles. The van der Waals surface area contributed by atoms with Crippen molar-refractivity contribution >= 4 is 23.4 Å². The summed E-state index contributed by atoms with van der Waals surface area (Å²) in [7, 11) is 0. The Morgan fingerprint density at radius 1 is 1.44 bits per heavy atom. The third-order valence-corrected chi connectivity index (χ3v) is 4.11. The lowest BCUT2D eigenvalue weighted by Gasteiger charge is -2.16. The molecule has 0 spiro atoms. The van der Waals surface area contributed by atoms with Gasteiger partial charge in [-0.05, 0) is 37.3 Å². The number of aromatic nitrogens is 1. The van der Waals surface area contributed by atoms with Crippen LogP contribution in [0.5, 0.6) is 0 Å². The van der Waals surface area contributed by atoms with E-state index in [1.54, 1.807) is 11.8 Å². The van der Waals surface area contributed by atoms with Gasteiger partial charge in [-0.3, -0.25) is 0 Å². The molecule has 16 heavy (non-hydrogen) atoms. The van der Waals surface area contributed by atoms with E-state index in [9.17, 15) is 0 Å². The molecule has 0 aromatic carbocycles. The summed E-state index contributed by atoms with van der Waals surface area (Å²) in [6.45, 7) is 0. The molecule has 1 heterocycles. The second-order valence-corrected chi connectivity index (χ2v) is 5.26. The number of rotatable bonds is 3. The van der Waals surface area contributed by atoms with Gasteiger partial charge in [0.15, 0.2) is 0 Å². The minimum Gasteiger partial charge on any atom is -0.245 e. The second-order valence-electron chi connectivity index (χ2n) is 3.80. The van der Waals surface area contributed by atoms with Crippen molar-refractivity contribution in [3.8, 4) is 6.07 Å². The number of nitriles is 1. The highest BCUT2D eigenvalue weighted by atomic mass is 35.5. The fourth-order valence-electron chi connectivity index (χ4n) is 1.94. The highest BCUT2D eigenvalue weighted by Gasteiger charge is 2.14. The number of hydrogen-bond donors (Lipinski definition) is 0. The maximum atomic E-state index is 9.08. The van der Waals surface area contributed by atoms with Crippen LogP contribution in [-0.2, 0) is 12.8 Å². The molecular formula is C12H13ClN2S. The summed E-state index contributed by atoms with van der Waals surface area (Å²) in [6, 6.07) is 4.24. The minimum absolute atomic E-state index is 0.592. The van der Waals surface area contributed by atoms with Crippen LogP contribution in [0.1, 0.15) is 29.7 Å². The lowest BCUT2D eigenvalue weighted by Crippen LogP contribution is -2.07. The van der Waals surface area contributed by atoms with E-state index in [0.29, 0.717) is 11.4 Å². The van der Waals surface area contributed by atoms with E-state index in [2.05, 4.69) is 11.1 Å². The van der Waals surface area contributed by atoms with Crippen LogP contribution in [0.3, 0.4) is 0 Å². The standard InChI is InChI=1S/C12H13ClN2S/c13-5-6-16-12-10(8-14)7-9-3-1-2-4-11(9)15-12/h7H,1-6H2. The van der Waals surface area contributed by atoms with Gasteiger partial charge in [-0.1, -0.05) is 0 Å². The quantitative estimate of drug-likeness (QED) is 0.613. The van der Waals surface area contributed by atoms with E-state index in [-0.39, 0.29) is 0 Å². The van der Waals surface area contributed by atoms with Crippen molar-refractivity contribution in [2.45, 2.75) is 30.7 Å². The maximum Gasteiger partial charge on any atom is 0.114 e. The van der Waals surface area contributed by atoms with Crippen LogP contribution in [0.25, 0.3) is 0 Å². The van der Waals surface area contributed by atoms with Crippen LogP contribution < -0.4 is 0 Å². The molecule has 2 nitrogen and oxygen atoms in total. The molecule has 0 saturated heterocycles. The zero-order valence-corrected chi connectivity index (χ0v) is 10.6. The fraction of sp³-hybridized carbons (Fsp3) is 0.500. The molecule has 0 amide bonds. The van der Waals surface area contributed by atoms with Gasteiger partial charge in [0.25, 0.3) is 0 Å². The number of thioether (sulfide) groups is 1. The molecule has 2 rings (SSSR count). The van der Waals surface area contributed by atoms with Crippen molar-refractivity contribution in [1.82, 2.24) is 4.98 Å². The van der Waals surface area contributed by atoms with Crippen LogP contribution >= 0.6 is 23.4 Å². The molecule has 0 N–H and O–H groups in total. The monoisotopic (exact) mass is 252 g/mol. The summed E-state index contributed by atoms with van der Waals surface area (Å²) in [5.74, 6) is 1.40. The normalized spacial score (nSPS) is 14.2. The first-order valence-electron chi connectivity index (χ1n) is 5.47. The minimum atomic E-state index is 0.592. The third-order valence-electron chi connectivity index (χ3n) is 2.70. The number of fused-ring (bicyclic) bond motifs is 1. The maximum absolute atomic E-state index is 9.08. The molecular weight excluding hydrogens is 240 g/mol. The van der Waals surface area contributed by atoms with Gasteiger partial charge >= 0.3 is 0 Å². The van der Waals surface area contributed by atoms with Crippen LogP contribution in [0.4, 0.5) is 0 Å². The summed E-state index contributed by atoms with van der Waals surface area (Å²) in [5.41, 5.74) is 3.15. The highest BCUT2D eigenvalue weighted by Crippen LogP contribution is 2.27. The molecule has 0 bridgehead atoms. The summed E-state index contributed by atoms with van der Waals surface area (Å²) >= 11 is 7.24. The SMILES string of the molecule is N#Cc1cc2c(nc1SCCCl)CCCC2. The molecule has 0 unspecified atom stereocenters. The Hall–Kier alpha value is -0.720. The summed E-state index contributed by atoms with van der Waals surface area (Å²) in [6.07, 6.45) is 4.55. The van der Waals surface area contributed by atoms with E-state index in [4.69, 9.17) is 16.9 Å². The van der Waals surface area contributed by atoms with E-state index in [0.717, 1.165) is 23.6 Å². The predicted molar refractivity (Wildman–Crippen MR) is 67.0 cm³/mol. The lowest BCUT2D eigenvalue weighted by atomic mass is 9.95. The Bertz CT molecular complexity index is 426. The fourth-order valence-corrected chi connectivity index (χ4v) is 2.88. The van der Waals surface area contributed by atoms with Crippen molar-refractivity contribution in [3.63, 3.8) is 0 Å². The number of aryl methyl sites for hydroxylation is 2. The zero-order chi connectivity index (χ0) is 11.4. The van der Waals surface area contributed by atoms with Gasteiger partial charge in [0, 0.05) is 17.3 Å². The summed E-state index contributed by atoms with van der Waals surface area (Å²) in [4.78, 5) is 4.60. The number of nitrogens with zero attached hydrogens (tertiary/aromatic N) is 2. The van der Waals surface area contributed by atoms with Crippen molar-refractivity contribution in [2.75, 3.05) is 11.6 Å². The molecule has 0 radical (unpaired) electrons. The molecule has 1 aliphatic carbocycles. The highest BCUT2D eigenvalue weighted by molar-refractivity contribution is 7.99. The smallest absolute Gasteiger partial charge is 0.114 e. The van der Waals surface area contributed by atoms with Crippen molar-refractivity contribution in [3.05, 3.63) is 22.9 Å². The second kappa shape index (κ2) is 5.56. The average molecular weight is 253 g/mol. The van der Waals surface area contributed by atoms with Crippen LogP contribution in [0, 0.1) is 11.3 Å². The first kappa shape index (κ1) is 11.8. The van der Waals surface area contributed by atoms with Crippen LogP contribution in [0.15, 0.2) is 11.1 Å².